The molecule has 0 saturated heterocycles. The van der Waals surface area contributed by atoms with E-state index in [0.717, 1.165) is 5.52 Å². The van der Waals surface area contributed by atoms with Gasteiger partial charge in [0, 0.05) is 0 Å². The van der Waals surface area contributed by atoms with Crippen molar-refractivity contribution in [1.82, 2.24) is 20.2 Å². The van der Waals surface area contributed by atoms with Crippen molar-refractivity contribution in [2.75, 3.05) is 0 Å². The van der Waals surface area contributed by atoms with Crippen LogP contribution in [0, 0.1) is 6.20 Å². The van der Waals surface area contributed by atoms with Gasteiger partial charge in [0.1, 0.15) is 17.2 Å². The highest BCUT2D eigenvalue weighted by atomic mass is 15.1. The fraction of sp³-hybridized carbons (Fsp3) is 0. The third-order valence-corrected chi connectivity index (χ3v) is 1.33. The van der Waals surface area contributed by atoms with Crippen molar-refractivity contribution < 1.29 is 0 Å². The average Bonchev–Trinajstić information content (AvgIpc) is 2.50. The summed E-state index contributed by atoms with van der Waals surface area (Å²) >= 11 is 0. The summed E-state index contributed by atoms with van der Waals surface area (Å²) in [5, 5.41) is 6.40. The molecule has 0 unspecified atom stereocenters. The Morgan fingerprint density at radius 2 is 2.55 bits per heavy atom. The van der Waals surface area contributed by atoms with Crippen molar-refractivity contribution in [3.05, 3.63) is 24.8 Å². The van der Waals surface area contributed by atoms with Crippen LogP contribution in [0.5, 0.6) is 0 Å². The molecule has 4 heteroatoms. The minimum absolute atomic E-state index is 0.593. The number of aromatic nitrogens is 4. The normalized spacial score (nSPS) is 10.2. The van der Waals surface area contributed by atoms with Gasteiger partial charge >= 0.3 is 0 Å². The molecule has 0 aliphatic carbocycles. The topological polar surface area (TPSA) is 54.5 Å². The Morgan fingerprint density at radius 3 is 3.36 bits per heavy atom. The summed E-state index contributed by atoms with van der Waals surface area (Å²) in [5.74, 6) is 0.593. The van der Waals surface area contributed by atoms with E-state index < -0.39 is 0 Å². The first-order chi connectivity index (χ1) is 5.40. The number of fused-ring (bicyclic) bond motifs is 1. The van der Waals surface area contributed by atoms with Crippen LogP contribution in [0.1, 0.15) is 5.82 Å². The van der Waals surface area contributed by atoms with Gasteiger partial charge in [0.05, 0.1) is 6.20 Å². The molecule has 0 bridgehead atoms. The molecule has 0 spiro atoms. The minimum Gasteiger partial charge on any atom is -0.274 e. The molecule has 53 valence electrons. The Bertz CT molecular complexity index is 390. The van der Waals surface area contributed by atoms with E-state index in [1.807, 2.05) is 0 Å². The molecule has 0 aliphatic rings. The van der Waals surface area contributed by atoms with Gasteiger partial charge in [0.15, 0.2) is 5.82 Å². The Kier molecular flexibility index (Phi) is 1.18. The quantitative estimate of drug-likeness (QED) is 0.645. The molecule has 0 amide bonds. The number of H-pyrrole nitrogens is 1. The molecule has 11 heavy (non-hydrogen) atoms. The molecular formula is C7H5N4. The molecule has 2 aromatic rings. The van der Waals surface area contributed by atoms with Crippen LogP contribution in [0.2, 0.25) is 0 Å². The maximum Gasteiger partial charge on any atom is 0.152 e. The zero-order chi connectivity index (χ0) is 7.68. The van der Waals surface area contributed by atoms with Gasteiger partial charge in [-0.2, -0.15) is 5.10 Å². The first-order valence-corrected chi connectivity index (χ1v) is 3.11. The Labute approximate surface area is 63.0 Å². The number of aromatic amines is 1. The first-order valence-electron chi connectivity index (χ1n) is 3.11. The van der Waals surface area contributed by atoms with Gasteiger partial charge in [-0.15, -0.1) is 0 Å². The molecular weight excluding hydrogens is 140 g/mol. The van der Waals surface area contributed by atoms with Crippen molar-refractivity contribution in [3.8, 4) is 0 Å². The molecule has 4 nitrogen and oxygen atoms in total. The largest absolute Gasteiger partial charge is 0.274 e. The van der Waals surface area contributed by atoms with Crippen LogP contribution >= 0.6 is 0 Å². The standard InChI is InChI=1S/C7H5N4/c1-2-7-8-3-6-5(10-7)4-9-11-6/h2-3H,1H2,(H,9,11). The fourth-order valence-electron chi connectivity index (χ4n) is 0.802. The van der Waals surface area contributed by atoms with Gasteiger partial charge in [-0.05, 0) is 6.08 Å². The highest BCUT2D eigenvalue weighted by Crippen LogP contribution is 2.04. The molecule has 1 radical (unpaired) electrons. The van der Waals surface area contributed by atoms with Gasteiger partial charge in [0.25, 0.3) is 0 Å². The molecule has 0 aliphatic heterocycles. The third kappa shape index (κ3) is 0.881. The van der Waals surface area contributed by atoms with Crippen molar-refractivity contribution in [1.29, 1.82) is 0 Å². The summed E-state index contributed by atoms with van der Waals surface area (Å²) in [7, 11) is 0. The lowest BCUT2D eigenvalue weighted by atomic mass is 10.4. The smallest absolute Gasteiger partial charge is 0.152 e. The summed E-state index contributed by atoms with van der Waals surface area (Å²) in [5.41, 5.74) is 1.48. The second-order valence-electron chi connectivity index (χ2n) is 2.03. The van der Waals surface area contributed by atoms with Crippen LogP contribution in [-0.4, -0.2) is 20.2 Å². The lowest BCUT2D eigenvalue weighted by Gasteiger charge is -1.88. The van der Waals surface area contributed by atoms with Crippen molar-refractivity contribution >= 4 is 17.1 Å². The molecule has 0 saturated carbocycles. The van der Waals surface area contributed by atoms with Gasteiger partial charge in [0.2, 0.25) is 0 Å². The highest BCUT2D eigenvalue weighted by molar-refractivity contribution is 5.72. The van der Waals surface area contributed by atoms with E-state index in [-0.39, 0.29) is 0 Å². The predicted molar refractivity (Wildman–Crippen MR) is 40.6 cm³/mol. The van der Waals surface area contributed by atoms with E-state index in [0.29, 0.717) is 11.3 Å². The fourth-order valence-corrected chi connectivity index (χ4v) is 0.802. The maximum atomic E-state index is 4.08. The molecule has 1 N–H and O–H groups in total. The lowest BCUT2D eigenvalue weighted by molar-refractivity contribution is 1.11. The maximum absolute atomic E-state index is 4.08. The number of hydrogen-bond acceptors (Lipinski definition) is 3. The van der Waals surface area contributed by atoms with E-state index in [4.69, 9.17) is 0 Å². The summed E-state index contributed by atoms with van der Waals surface area (Å²) in [4.78, 5) is 8.05. The monoisotopic (exact) mass is 145 g/mol. The van der Waals surface area contributed by atoms with Gasteiger partial charge in [-0.3, -0.25) is 5.10 Å². The summed E-state index contributed by atoms with van der Waals surface area (Å²) in [6.45, 7) is 3.55. The zero-order valence-corrected chi connectivity index (χ0v) is 5.70. The molecule has 2 aromatic heterocycles. The number of hydrogen-bond donors (Lipinski definition) is 1. The number of rotatable bonds is 1. The van der Waals surface area contributed by atoms with Crippen molar-refractivity contribution in [2.45, 2.75) is 0 Å². The molecule has 0 aromatic carbocycles. The number of nitrogens with one attached hydrogen (secondary N) is 1. The summed E-state index contributed by atoms with van der Waals surface area (Å²) in [6, 6.07) is 0. The minimum atomic E-state index is 0.593. The second kappa shape index (κ2) is 2.16. The molecule has 0 fully saturated rings. The predicted octanol–water partition coefficient (Wildman–Crippen LogP) is 0.796. The molecule has 2 rings (SSSR count). The Morgan fingerprint density at radius 1 is 1.64 bits per heavy atom. The van der Waals surface area contributed by atoms with Crippen LogP contribution in [-0.2, 0) is 0 Å². The van der Waals surface area contributed by atoms with E-state index in [1.165, 1.54) is 0 Å². The lowest BCUT2D eigenvalue weighted by Crippen LogP contribution is -1.85. The average molecular weight is 145 g/mol. The van der Waals surface area contributed by atoms with Crippen molar-refractivity contribution in [2.24, 2.45) is 0 Å². The van der Waals surface area contributed by atoms with E-state index >= 15 is 0 Å². The van der Waals surface area contributed by atoms with Gasteiger partial charge in [-0.1, -0.05) is 6.58 Å². The van der Waals surface area contributed by atoms with E-state index in [9.17, 15) is 0 Å². The highest BCUT2D eigenvalue weighted by Gasteiger charge is 1.97. The molecule has 2 heterocycles. The van der Waals surface area contributed by atoms with Gasteiger partial charge in [-0.25, -0.2) is 9.97 Å². The van der Waals surface area contributed by atoms with Crippen LogP contribution in [0.4, 0.5) is 0 Å². The van der Waals surface area contributed by atoms with Crippen LogP contribution in [0.25, 0.3) is 17.1 Å². The van der Waals surface area contributed by atoms with E-state index in [1.54, 1.807) is 12.3 Å². The number of nitrogens with zero attached hydrogens (tertiary/aromatic N) is 3. The third-order valence-electron chi connectivity index (χ3n) is 1.33. The van der Waals surface area contributed by atoms with Crippen LogP contribution in [0.3, 0.4) is 0 Å². The van der Waals surface area contributed by atoms with E-state index in [2.05, 4.69) is 32.9 Å². The molecule has 0 atom stereocenters. The Hall–Kier alpha value is -1.71. The zero-order valence-electron chi connectivity index (χ0n) is 5.70. The van der Waals surface area contributed by atoms with Crippen LogP contribution in [0.15, 0.2) is 12.8 Å². The summed E-state index contributed by atoms with van der Waals surface area (Å²) < 4.78 is 0. The van der Waals surface area contributed by atoms with Crippen LogP contribution < -0.4 is 0 Å². The SMILES string of the molecule is C=Cc1ncc2[nH]n[c]c2n1. The summed E-state index contributed by atoms with van der Waals surface area (Å²) in [6.07, 6.45) is 5.93. The van der Waals surface area contributed by atoms with Gasteiger partial charge < -0.3 is 0 Å². The first kappa shape index (κ1) is 6.03. The van der Waals surface area contributed by atoms with Crippen molar-refractivity contribution in [3.63, 3.8) is 0 Å². The Balaban J connectivity index is 2.76. The second-order valence-corrected chi connectivity index (χ2v) is 2.03.